The topological polar surface area (TPSA) is 38.8 Å². The summed E-state index contributed by atoms with van der Waals surface area (Å²) in [7, 11) is 1.67. The van der Waals surface area contributed by atoms with Gasteiger partial charge < -0.3 is 9.47 Å². The molecule has 16 heavy (non-hydrogen) atoms. The van der Waals surface area contributed by atoms with Crippen LogP contribution in [0.2, 0.25) is 0 Å². The van der Waals surface area contributed by atoms with Crippen LogP contribution in [0.5, 0.6) is 0 Å². The van der Waals surface area contributed by atoms with Crippen LogP contribution in [0.1, 0.15) is 20.8 Å². The summed E-state index contributed by atoms with van der Waals surface area (Å²) in [5, 5.41) is 0. The van der Waals surface area contributed by atoms with Gasteiger partial charge in [-0.3, -0.25) is 4.90 Å². The monoisotopic (exact) mass is 229 g/mol. The second-order valence-electron chi connectivity index (χ2n) is 3.88. The smallest absolute Gasteiger partial charge is 0.334 e. The van der Waals surface area contributed by atoms with Crippen molar-refractivity contribution in [2.45, 2.75) is 26.8 Å². The van der Waals surface area contributed by atoms with Gasteiger partial charge >= 0.3 is 5.97 Å². The molecule has 0 aliphatic rings. The fourth-order valence-electron chi connectivity index (χ4n) is 1.27. The fourth-order valence-corrected chi connectivity index (χ4v) is 1.27. The van der Waals surface area contributed by atoms with E-state index >= 15 is 0 Å². The summed E-state index contributed by atoms with van der Waals surface area (Å²) in [5.41, 5.74) is 0.492. The van der Waals surface area contributed by atoms with E-state index in [-0.39, 0.29) is 5.97 Å². The maximum Gasteiger partial charge on any atom is 0.334 e. The lowest BCUT2D eigenvalue weighted by Gasteiger charge is -2.26. The molecule has 94 valence electrons. The lowest BCUT2D eigenvalue weighted by Crippen LogP contribution is -2.36. The number of methoxy groups -OCH3 is 1. The van der Waals surface area contributed by atoms with Gasteiger partial charge in [-0.2, -0.15) is 0 Å². The minimum Gasteiger partial charge on any atom is -0.463 e. The molecule has 0 rings (SSSR count). The van der Waals surface area contributed by atoms with Crippen LogP contribution >= 0.6 is 0 Å². The van der Waals surface area contributed by atoms with E-state index in [4.69, 9.17) is 9.47 Å². The SMILES string of the molecule is C=C(CN(CCOC)C(C)C)C(=O)OCC. The van der Waals surface area contributed by atoms with Gasteiger partial charge in [0.1, 0.15) is 0 Å². The molecule has 0 amide bonds. The summed E-state index contributed by atoms with van der Waals surface area (Å²) >= 11 is 0. The van der Waals surface area contributed by atoms with Crippen LogP contribution in [0, 0.1) is 0 Å². The molecule has 0 aromatic rings. The molecular formula is C12H23NO3. The highest BCUT2D eigenvalue weighted by Gasteiger charge is 2.15. The fraction of sp³-hybridized carbons (Fsp3) is 0.750. The number of carbonyl (C=O) groups is 1. The number of esters is 1. The summed E-state index contributed by atoms with van der Waals surface area (Å²) in [4.78, 5) is 13.5. The molecular weight excluding hydrogens is 206 g/mol. The number of nitrogens with zero attached hydrogens (tertiary/aromatic N) is 1. The predicted octanol–water partition coefficient (Wildman–Crippen LogP) is 1.46. The van der Waals surface area contributed by atoms with E-state index in [1.165, 1.54) is 0 Å². The molecule has 0 unspecified atom stereocenters. The van der Waals surface area contributed by atoms with E-state index < -0.39 is 0 Å². The van der Waals surface area contributed by atoms with Crippen LogP contribution in [0.4, 0.5) is 0 Å². The van der Waals surface area contributed by atoms with Crippen molar-refractivity contribution in [1.29, 1.82) is 0 Å². The first kappa shape index (κ1) is 15.1. The molecule has 4 nitrogen and oxygen atoms in total. The first-order valence-electron chi connectivity index (χ1n) is 5.60. The Hall–Kier alpha value is -0.870. The zero-order chi connectivity index (χ0) is 12.6. The lowest BCUT2D eigenvalue weighted by molar-refractivity contribution is -0.138. The average molecular weight is 229 g/mol. The third kappa shape index (κ3) is 5.88. The Morgan fingerprint density at radius 2 is 2.06 bits per heavy atom. The summed E-state index contributed by atoms with van der Waals surface area (Å²) in [6.07, 6.45) is 0. The maximum atomic E-state index is 11.4. The second kappa shape index (κ2) is 8.30. The number of carbonyl (C=O) groups excluding carboxylic acids is 1. The van der Waals surface area contributed by atoms with Gasteiger partial charge in [0.05, 0.1) is 13.2 Å². The standard InChI is InChI=1S/C12H23NO3/c1-6-16-12(14)11(4)9-13(10(2)3)7-8-15-5/h10H,4,6-9H2,1-3,5H3. The van der Waals surface area contributed by atoms with Crippen molar-refractivity contribution >= 4 is 5.97 Å². The number of ether oxygens (including phenoxy) is 2. The molecule has 0 saturated heterocycles. The van der Waals surface area contributed by atoms with E-state index in [0.29, 0.717) is 31.4 Å². The number of hydrogen-bond donors (Lipinski definition) is 0. The highest BCUT2D eigenvalue weighted by molar-refractivity contribution is 5.88. The Balaban J connectivity index is 4.17. The van der Waals surface area contributed by atoms with Crippen molar-refractivity contribution in [2.24, 2.45) is 0 Å². The normalized spacial score (nSPS) is 10.9. The Labute approximate surface area is 98.2 Å². The van der Waals surface area contributed by atoms with Crippen molar-refractivity contribution in [3.8, 4) is 0 Å². The molecule has 4 heteroatoms. The summed E-state index contributed by atoms with van der Waals surface area (Å²) in [6.45, 7) is 12.0. The van der Waals surface area contributed by atoms with Gasteiger partial charge in [-0.05, 0) is 20.8 Å². The molecule has 0 fully saturated rings. The van der Waals surface area contributed by atoms with Crippen LogP contribution in [-0.4, -0.2) is 50.3 Å². The molecule has 0 aliphatic heterocycles. The third-order valence-corrected chi connectivity index (χ3v) is 2.27. The number of hydrogen-bond acceptors (Lipinski definition) is 4. The summed E-state index contributed by atoms with van der Waals surface area (Å²) in [6, 6.07) is 0.348. The molecule has 0 aromatic heterocycles. The van der Waals surface area contributed by atoms with Crippen LogP contribution in [0.15, 0.2) is 12.2 Å². The quantitative estimate of drug-likeness (QED) is 0.466. The first-order chi connectivity index (χ1) is 7.52. The minimum absolute atomic E-state index is 0.314. The van der Waals surface area contributed by atoms with Crippen molar-refractivity contribution in [3.63, 3.8) is 0 Å². The molecule has 0 aromatic carbocycles. The van der Waals surface area contributed by atoms with Gasteiger partial charge in [0.25, 0.3) is 0 Å². The zero-order valence-corrected chi connectivity index (χ0v) is 10.8. The molecule has 0 heterocycles. The first-order valence-corrected chi connectivity index (χ1v) is 5.60. The Kier molecular flexibility index (Phi) is 7.85. The molecule has 0 saturated carbocycles. The lowest BCUT2D eigenvalue weighted by atomic mass is 10.2. The molecule has 0 aliphatic carbocycles. The second-order valence-corrected chi connectivity index (χ2v) is 3.88. The third-order valence-electron chi connectivity index (χ3n) is 2.27. The van der Waals surface area contributed by atoms with Crippen molar-refractivity contribution < 1.29 is 14.3 Å². The highest BCUT2D eigenvalue weighted by atomic mass is 16.5. The maximum absolute atomic E-state index is 11.4. The van der Waals surface area contributed by atoms with Gasteiger partial charge in [0, 0.05) is 31.8 Å². The zero-order valence-electron chi connectivity index (χ0n) is 10.8. The molecule has 0 radical (unpaired) electrons. The Morgan fingerprint density at radius 1 is 1.44 bits per heavy atom. The van der Waals surface area contributed by atoms with Gasteiger partial charge in [0.2, 0.25) is 0 Å². The van der Waals surface area contributed by atoms with Gasteiger partial charge in [-0.15, -0.1) is 0 Å². The minimum atomic E-state index is -0.314. The van der Waals surface area contributed by atoms with Crippen LogP contribution < -0.4 is 0 Å². The van der Waals surface area contributed by atoms with Crippen LogP contribution in [0.25, 0.3) is 0 Å². The van der Waals surface area contributed by atoms with Gasteiger partial charge in [-0.1, -0.05) is 6.58 Å². The van der Waals surface area contributed by atoms with Gasteiger partial charge in [-0.25, -0.2) is 4.79 Å². The van der Waals surface area contributed by atoms with Crippen LogP contribution in [0.3, 0.4) is 0 Å². The van der Waals surface area contributed by atoms with E-state index in [2.05, 4.69) is 25.3 Å². The average Bonchev–Trinajstić information content (AvgIpc) is 2.23. The Bertz CT molecular complexity index is 226. The predicted molar refractivity (Wildman–Crippen MR) is 64.4 cm³/mol. The Morgan fingerprint density at radius 3 is 2.50 bits per heavy atom. The van der Waals surface area contributed by atoms with Crippen molar-refractivity contribution in [3.05, 3.63) is 12.2 Å². The molecule has 0 spiro atoms. The molecule has 0 bridgehead atoms. The van der Waals surface area contributed by atoms with E-state index in [1.807, 2.05) is 0 Å². The van der Waals surface area contributed by atoms with Gasteiger partial charge in [0.15, 0.2) is 0 Å². The summed E-state index contributed by atoms with van der Waals surface area (Å²) < 4.78 is 9.92. The largest absolute Gasteiger partial charge is 0.463 e. The van der Waals surface area contributed by atoms with E-state index in [9.17, 15) is 4.79 Å². The highest BCUT2D eigenvalue weighted by Crippen LogP contribution is 2.04. The van der Waals surface area contributed by atoms with E-state index in [1.54, 1.807) is 14.0 Å². The van der Waals surface area contributed by atoms with E-state index in [0.717, 1.165) is 6.54 Å². The number of rotatable bonds is 8. The summed E-state index contributed by atoms with van der Waals surface area (Å²) in [5.74, 6) is -0.314. The molecule has 0 N–H and O–H groups in total. The van der Waals surface area contributed by atoms with Crippen LogP contribution in [-0.2, 0) is 14.3 Å². The van der Waals surface area contributed by atoms with Crippen molar-refractivity contribution in [2.75, 3.05) is 33.4 Å². The molecule has 0 atom stereocenters. The van der Waals surface area contributed by atoms with Crippen molar-refractivity contribution in [1.82, 2.24) is 4.90 Å².